The summed E-state index contributed by atoms with van der Waals surface area (Å²) in [4.78, 5) is 25.8. The second-order valence-electron chi connectivity index (χ2n) is 6.87. The summed E-state index contributed by atoms with van der Waals surface area (Å²) in [6.07, 6.45) is 1.43. The van der Waals surface area contributed by atoms with Crippen molar-refractivity contribution >= 4 is 12.1 Å². The SMILES string of the molecule is C=C(C)CC1(C(=O)OC)CCN(C(=O)OC(C)(C)C)CC1. The Morgan fingerprint density at radius 1 is 1.24 bits per heavy atom. The molecule has 120 valence electrons. The Morgan fingerprint density at radius 2 is 1.76 bits per heavy atom. The first-order valence-corrected chi connectivity index (χ1v) is 7.30. The number of hydrogen-bond donors (Lipinski definition) is 0. The highest BCUT2D eigenvalue weighted by atomic mass is 16.6. The van der Waals surface area contributed by atoms with Gasteiger partial charge in [0.15, 0.2) is 0 Å². The van der Waals surface area contributed by atoms with E-state index in [1.807, 2.05) is 27.7 Å². The van der Waals surface area contributed by atoms with Gasteiger partial charge in [0.1, 0.15) is 5.60 Å². The highest BCUT2D eigenvalue weighted by Gasteiger charge is 2.43. The lowest BCUT2D eigenvalue weighted by atomic mass is 9.74. The monoisotopic (exact) mass is 297 g/mol. The Kier molecular flexibility index (Phi) is 5.42. The number of rotatable bonds is 3. The van der Waals surface area contributed by atoms with E-state index in [4.69, 9.17) is 9.47 Å². The number of likely N-dealkylation sites (tertiary alicyclic amines) is 1. The van der Waals surface area contributed by atoms with Crippen LogP contribution in [0, 0.1) is 5.41 Å². The molecule has 1 saturated heterocycles. The number of carbonyl (C=O) groups excluding carboxylic acids is 2. The van der Waals surface area contributed by atoms with Crippen LogP contribution in [0.5, 0.6) is 0 Å². The molecule has 0 bridgehead atoms. The molecule has 5 nitrogen and oxygen atoms in total. The van der Waals surface area contributed by atoms with Gasteiger partial charge in [-0.1, -0.05) is 5.57 Å². The zero-order valence-corrected chi connectivity index (χ0v) is 13.8. The van der Waals surface area contributed by atoms with Crippen molar-refractivity contribution in [2.75, 3.05) is 20.2 Å². The van der Waals surface area contributed by atoms with Gasteiger partial charge in [0, 0.05) is 13.1 Å². The molecule has 0 atom stereocenters. The van der Waals surface area contributed by atoms with Crippen molar-refractivity contribution in [1.82, 2.24) is 4.90 Å². The van der Waals surface area contributed by atoms with Gasteiger partial charge in [-0.3, -0.25) is 4.79 Å². The lowest BCUT2D eigenvalue weighted by molar-refractivity contribution is -0.155. The third-order valence-corrected chi connectivity index (χ3v) is 3.63. The van der Waals surface area contributed by atoms with Crippen molar-refractivity contribution < 1.29 is 19.1 Å². The number of nitrogens with zero attached hydrogens (tertiary/aromatic N) is 1. The van der Waals surface area contributed by atoms with Crippen molar-refractivity contribution in [3.8, 4) is 0 Å². The topological polar surface area (TPSA) is 55.8 Å². The molecule has 0 aromatic heterocycles. The number of piperidine rings is 1. The van der Waals surface area contributed by atoms with Crippen LogP contribution in [0.3, 0.4) is 0 Å². The molecular formula is C16H27NO4. The van der Waals surface area contributed by atoms with Crippen LogP contribution in [0.4, 0.5) is 4.79 Å². The Labute approximate surface area is 127 Å². The van der Waals surface area contributed by atoms with Crippen LogP contribution in [0.2, 0.25) is 0 Å². The van der Waals surface area contributed by atoms with Crippen molar-refractivity contribution in [3.63, 3.8) is 0 Å². The summed E-state index contributed by atoms with van der Waals surface area (Å²) in [6, 6.07) is 0. The number of esters is 1. The average molecular weight is 297 g/mol. The summed E-state index contributed by atoms with van der Waals surface area (Å²) >= 11 is 0. The van der Waals surface area contributed by atoms with E-state index in [0.29, 0.717) is 32.4 Å². The Morgan fingerprint density at radius 3 is 2.14 bits per heavy atom. The Hall–Kier alpha value is -1.52. The molecule has 1 amide bonds. The molecule has 0 aliphatic carbocycles. The van der Waals surface area contributed by atoms with Gasteiger partial charge in [0.05, 0.1) is 12.5 Å². The molecule has 1 aliphatic rings. The van der Waals surface area contributed by atoms with Crippen molar-refractivity contribution in [2.24, 2.45) is 5.41 Å². The predicted molar refractivity (Wildman–Crippen MR) is 80.9 cm³/mol. The van der Waals surface area contributed by atoms with Gasteiger partial charge in [-0.2, -0.15) is 0 Å². The molecule has 0 unspecified atom stereocenters. The van der Waals surface area contributed by atoms with Gasteiger partial charge >= 0.3 is 12.1 Å². The number of allylic oxidation sites excluding steroid dienone is 1. The first-order chi connectivity index (χ1) is 9.59. The average Bonchev–Trinajstić information content (AvgIpc) is 2.35. The molecule has 1 aliphatic heterocycles. The number of methoxy groups -OCH3 is 1. The largest absolute Gasteiger partial charge is 0.469 e. The van der Waals surface area contributed by atoms with E-state index in [2.05, 4.69) is 6.58 Å². The first kappa shape index (κ1) is 17.5. The minimum atomic E-state index is -0.556. The zero-order chi connectivity index (χ0) is 16.3. The highest BCUT2D eigenvalue weighted by Crippen LogP contribution is 2.38. The summed E-state index contributed by atoms with van der Waals surface area (Å²) in [5.41, 5.74) is -0.115. The first-order valence-electron chi connectivity index (χ1n) is 7.30. The Balaban J connectivity index is 2.72. The fourth-order valence-corrected chi connectivity index (χ4v) is 2.69. The number of carbonyl (C=O) groups is 2. The second-order valence-corrected chi connectivity index (χ2v) is 6.87. The molecule has 0 saturated carbocycles. The zero-order valence-electron chi connectivity index (χ0n) is 13.8. The van der Waals surface area contributed by atoms with E-state index in [9.17, 15) is 9.59 Å². The van der Waals surface area contributed by atoms with Gasteiger partial charge in [-0.15, -0.1) is 6.58 Å². The number of amides is 1. The summed E-state index contributed by atoms with van der Waals surface area (Å²) in [5.74, 6) is -0.214. The van der Waals surface area contributed by atoms with Gasteiger partial charge in [-0.25, -0.2) is 4.79 Å². The van der Waals surface area contributed by atoms with Crippen LogP contribution in [0.15, 0.2) is 12.2 Å². The third-order valence-electron chi connectivity index (χ3n) is 3.63. The van der Waals surface area contributed by atoms with Crippen molar-refractivity contribution in [3.05, 3.63) is 12.2 Å². The minimum absolute atomic E-state index is 0.214. The van der Waals surface area contributed by atoms with Crippen molar-refractivity contribution in [1.29, 1.82) is 0 Å². The van der Waals surface area contributed by atoms with Crippen LogP contribution in [-0.4, -0.2) is 42.8 Å². The standard InChI is InChI=1S/C16H27NO4/c1-12(2)11-16(13(18)20-6)7-9-17(10-8-16)14(19)21-15(3,4)5/h1,7-11H2,2-6H3. The highest BCUT2D eigenvalue weighted by molar-refractivity contribution is 5.78. The molecule has 0 aromatic rings. The van der Waals surface area contributed by atoms with E-state index in [0.717, 1.165) is 5.57 Å². The summed E-state index contributed by atoms with van der Waals surface area (Å²) in [5, 5.41) is 0. The normalized spacial score (nSPS) is 18.0. The second kappa shape index (κ2) is 6.50. The lowest BCUT2D eigenvalue weighted by Gasteiger charge is -2.40. The molecular weight excluding hydrogens is 270 g/mol. The summed E-state index contributed by atoms with van der Waals surface area (Å²) in [7, 11) is 1.41. The van der Waals surface area contributed by atoms with Crippen molar-refractivity contribution in [2.45, 2.75) is 52.6 Å². The lowest BCUT2D eigenvalue weighted by Crippen LogP contribution is -2.48. The molecule has 5 heteroatoms. The predicted octanol–water partition coefficient (Wildman–Crippen LogP) is 3.14. The Bertz CT molecular complexity index is 414. The molecule has 0 spiro atoms. The molecule has 1 fully saturated rings. The van der Waals surface area contributed by atoms with Gasteiger partial charge in [-0.05, 0) is 47.0 Å². The van der Waals surface area contributed by atoms with E-state index in [1.54, 1.807) is 4.90 Å². The molecule has 0 radical (unpaired) electrons. The van der Waals surface area contributed by atoms with E-state index in [1.165, 1.54) is 7.11 Å². The fourth-order valence-electron chi connectivity index (χ4n) is 2.69. The number of hydrogen-bond acceptors (Lipinski definition) is 4. The quantitative estimate of drug-likeness (QED) is 0.593. The van der Waals surface area contributed by atoms with Crippen LogP contribution in [-0.2, 0) is 14.3 Å². The van der Waals surface area contributed by atoms with Gasteiger partial charge in [0.25, 0.3) is 0 Å². The van der Waals surface area contributed by atoms with Crippen LogP contribution in [0.25, 0.3) is 0 Å². The van der Waals surface area contributed by atoms with E-state index < -0.39 is 11.0 Å². The molecule has 1 heterocycles. The molecule has 0 N–H and O–H groups in total. The molecule has 21 heavy (non-hydrogen) atoms. The van der Waals surface area contributed by atoms with E-state index in [-0.39, 0.29) is 12.1 Å². The maximum atomic E-state index is 12.1. The van der Waals surface area contributed by atoms with Gasteiger partial charge in [0.2, 0.25) is 0 Å². The number of ether oxygens (including phenoxy) is 2. The maximum Gasteiger partial charge on any atom is 0.410 e. The van der Waals surface area contributed by atoms with Crippen LogP contribution >= 0.6 is 0 Å². The maximum absolute atomic E-state index is 12.1. The van der Waals surface area contributed by atoms with Gasteiger partial charge < -0.3 is 14.4 Å². The third kappa shape index (κ3) is 4.76. The molecule has 1 rings (SSSR count). The molecule has 0 aromatic carbocycles. The van der Waals surface area contributed by atoms with Crippen LogP contribution in [0.1, 0.15) is 47.0 Å². The fraction of sp³-hybridized carbons (Fsp3) is 0.750. The summed E-state index contributed by atoms with van der Waals surface area (Å²) in [6.45, 7) is 12.3. The van der Waals surface area contributed by atoms with E-state index >= 15 is 0 Å². The van der Waals surface area contributed by atoms with Crippen LogP contribution < -0.4 is 0 Å². The summed E-state index contributed by atoms with van der Waals surface area (Å²) < 4.78 is 10.3. The minimum Gasteiger partial charge on any atom is -0.469 e. The smallest absolute Gasteiger partial charge is 0.410 e.